The van der Waals surface area contributed by atoms with E-state index in [-0.39, 0.29) is 12.4 Å². The summed E-state index contributed by atoms with van der Waals surface area (Å²) in [6.45, 7) is 3.21. The van der Waals surface area contributed by atoms with Gasteiger partial charge >= 0.3 is 0 Å². The molecule has 0 N–H and O–H groups in total. The van der Waals surface area contributed by atoms with E-state index in [0.717, 1.165) is 0 Å². The molecular formula is C6H8O2. The lowest BCUT2D eigenvalue weighted by atomic mass is 10.5. The first-order chi connectivity index (χ1) is 3.77. The van der Waals surface area contributed by atoms with Gasteiger partial charge in [-0.2, -0.15) is 0 Å². The molecule has 0 aromatic carbocycles. The van der Waals surface area contributed by atoms with Crippen LogP contribution in [0.2, 0.25) is 0 Å². The summed E-state index contributed by atoms with van der Waals surface area (Å²) in [6, 6.07) is 0. The zero-order chi connectivity index (χ0) is 6.41. The number of rotatable bonds is 2. The zero-order valence-electron chi connectivity index (χ0n) is 5.02. The molecule has 2 nitrogen and oxygen atoms in total. The molecule has 0 rings (SSSR count). The van der Waals surface area contributed by atoms with Crippen molar-refractivity contribution in [2.24, 2.45) is 0 Å². The molecule has 0 aliphatic carbocycles. The van der Waals surface area contributed by atoms with Crippen LogP contribution in [0.4, 0.5) is 0 Å². The lowest BCUT2D eigenvalue weighted by Gasteiger charge is -1.87. The minimum Gasteiger partial charge on any atom is -0.439 e. The fourth-order valence-electron chi connectivity index (χ4n) is 0.210. The minimum absolute atomic E-state index is 0.00671. The molecule has 0 bridgehead atoms. The van der Waals surface area contributed by atoms with Crippen LogP contribution in [-0.4, -0.2) is 12.4 Å². The first-order valence-electron chi connectivity index (χ1n) is 2.30. The van der Waals surface area contributed by atoms with Crippen LogP contribution in [0.3, 0.4) is 0 Å². The van der Waals surface area contributed by atoms with Crippen LogP contribution in [0.1, 0.15) is 13.8 Å². The van der Waals surface area contributed by atoms with Crippen molar-refractivity contribution in [2.75, 3.05) is 6.61 Å². The van der Waals surface area contributed by atoms with Crippen LogP contribution in [0.5, 0.6) is 0 Å². The SMILES string of the molecule is CC#COCC(C)=O. The molecule has 0 unspecified atom stereocenters. The van der Waals surface area contributed by atoms with Crippen molar-refractivity contribution in [1.82, 2.24) is 0 Å². The molecule has 0 heterocycles. The van der Waals surface area contributed by atoms with Crippen molar-refractivity contribution in [3.05, 3.63) is 0 Å². The van der Waals surface area contributed by atoms with Gasteiger partial charge in [0, 0.05) is 6.92 Å². The fraction of sp³-hybridized carbons (Fsp3) is 0.500. The van der Waals surface area contributed by atoms with Gasteiger partial charge in [-0.3, -0.25) is 4.79 Å². The molecule has 0 aromatic rings. The number of hydrogen-bond acceptors (Lipinski definition) is 2. The second-order valence-electron chi connectivity index (χ2n) is 1.34. The van der Waals surface area contributed by atoms with E-state index in [0.29, 0.717) is 0 Å². The molecule has 0 aromatic heterocycles. The Hall–Kier alpha value is -0.970. The number of carbonyl (C=O) groups is 1. The van der Waals surface area contributed by atoms with Gasteiger partial charge in [-0.05, 0) is 6.92 Å². The van der Waals surface area contributed by atoms with Gasteiger partial charge in [-0.15, -0.1) is 0 Å². The molecule has 2 heteroatoms. The second-order valence-corrected chi connectivity index (χ2v) is 1.34. The van der Waals surface area contributed by atoms with Crippen molar-refractivity contribution in [1.29, 1.82) is 0 Å². The van der Waals surface area contributed by atoms with Gasteiger partial charge in [0.1, 0.15) is 6.11 Å². The molecule has 44 valence electrons. The molecule has 0 saturated heterocycles. The molecule has 0 saturated carbocycles. The highest BCUT2D eigenvalue weighted by molar-refractivity contribution is 5.76. The van der Waals surface area contributed by atoms with E-state index in [1.54, 1.807) is 6.92 Å². The maximum absolute atomic E-state index is 10.1. The Morgan fingerprint density at radius 3 is 2.75 bits per heavy atom. The smallest absolute Gasteiger partial charge is 0.168 e. The minimum atomic E-state index is -0.00671. The van der Waals surface area contributed by atoms with Crippen LogP contribution in [-0.2, 0) is 9.53 Å². The Morgan fingerprint density at radius 2 is 2.38 bits per heavy atom. The summed E-state index contributed by atoms with van der Waals surface area (Å²) in [6.07, 6.45) is 2.31. The average Bonchev–Trinajstić information content (AvgIpc) is 1.66. The average molecular weight is 112 g/mol. The van der Waals surface area contributed by atoms with Gasteiger partial charge in [-0.25, -0.2) is 0 Å². The second kappa shape index (κ2) is 4.20. The van der Waals surface area contributed by atoms with E-state index >= 15 is 0 Å². The van der Waals surface area contributed by atoms with Gasteiger partial charge in [-0.1, -0.05) is 5.92 Å². The van der Waals surface area contributed by atoms with Crippen molar-refractivity contribution < 1.29 is 9.53 Å². The summed E-state index contributed by atoms with van der Waals surface area (Å²) in [4.78, 5) is 10.1. The standard InChI is InChI=1S/C6H8O2/c1-3-4-8-5-6(2)7/h5H2,1-2H3. The van der Waals surface area contributed by atoms with Gasteiger partial charge < -0.3 is 4.74 Å². The lowest BCUT2D eigenvalue weighted by molar-refractivity contribution is -0.119. The molecule has 0 radical (unpaired) electrons. The number of carbonyl (C=O) groups excluding carboxylic acids is 1. The Kier molecular flexibility index (Phi) is 3.69. The number of ketones is 1. The maximum atomic E-state index is 10.1. The maximum Gasteiger partial charge on any atom is 0.168 e. The molecule has 0 amide bonds. The normalized spacial score (nSPS) is 6.75. The first kappa shape index (κ1) is 7.03. The van der Waals surface area contributed by atoms with Crippen LogP contribution in [0.15, 0.2) is 0 Å². The van der Waals surface area contributed by atoms with Gasteiger partial charge in [0.25, 0.3) is 0 Å². The summed E-state index contributed by atoms with van der Waals surface area (Å²) in [5.74, 6) is 2.49. The van der Waals surface area contributed by atoms with Gasteiger partial charge in [0.2, 0.25) is 0 Å². The highest BCUT2D eigenvalue weighted by atomic mass is 16.5. The fourth-order valence-corrected chi connectivity index (χ4v) is 0.210. The third kappa shape index (κ3) is 5.03. The van der Waals surface area contributed by atoms with Crippen LogP contribution in [0, 0.1) is 12.0 Å². The van der Waals surface area contributed by atoms with E-state index in [4.69, 9.17) is 0 Å². The molecule has 0 spiro atoms. The number of ether oxygens (including phenoxy) is 1. The molecular weight excluding hydrogens is 104 g/mol. The number of hydrogen-bond donors (Lipinski definition) is 0. The van der Waals surface area contributed by atoms with Crippen molar-refractivity contribution in [2.45, 2.75) is 13.8 Å². The van der Waals surface area contributed by atoms with Crippen LogP contribution >= 0.6 is 0 Å². The number of Topliss-reactive ketones (excluding diaryl/α,β-unsaturated/α-hetero) is 1. The molecule has 0 aliphatic heterocycles. The Labute approximate surface area is 48.8 Å². The Morgan fingerprint density at radius 1 is 1.75 bits per heavy atom. The molecule has 0 fully saturated rings. The third-order valence-corrected chi connectivity index (χ3v) is 0.450. The predicted molar refractivity (Wildman–Crippen MR) is 30.1 cm³/mol. The molecule has 0 aliphatic rings. The van der Waals surface area contributed by atoms with Crippen molar-refractivity contribution in [3.63, 3.8) is 0 Å². The zero-order valence-corrected chi connectivity index (χ0v) is 5.02. The van der Waals surface area contributed by atoms with Crippen LogP contribution in [0.25, 0.3) is 0 Å². The van der Waals surface area contributed by atoms with E-state index in [9.17, 15) is 4.79 Å². The third-order valence-electron chi connectivity index (χ3n) is 0.450. The van der Waals surface area contributed by atoms with Gasteiger partial charge in [0.15, 0.2) is 12.4 Å². The first-order valence-corrected chi connectivity index (χ1v) is 2.30. The Balaban J connectivity index is 3.14. The summed E-state index contributed by atoms with van der Waals surface area (Å²) in [5.41, 5.74) is 0. The topological polar surface area (TPSA) is 26.3 Å². The summed E-state index contributed by atoms with van der Waals surface area (Å²) < 4.78 is 4.53. The summed E-state index contributed by atoms with van der Waals surface area (Å²) in [7, 11) is 0. The van der Waals surface area contributed by atoms with E-state index in [2.05, 4.69) is 16.8 Å². The van der Waals surface area contributed by atoms with E-state index in [1.807, 2.05) is 0 Å². The van der Waals surface area contributed by atoms with E-state index in [1.165, 1.54) is 6.92 Å². The monoisotopic (exact) mass is 112 g/mol. The predicted octanol–water partition coefficient (Wildman–Crippen LogP) is 0.573. The van der Waals surface area contributed by atoms with Crippen molar-refractivity contribution >= 4 is 5.78 Å². The quantitative estimate of drug-likeness (QED) is 0.488. The summed E-state index contributed by atoms with van der Waals surface area (Å²) >= 11 is 0. The van der Waals surface area contributed by atoms with Gasteiger partial charge in [0.05, 0.1) is 0 Å². The highest BCUT2D eigenvalue weighted by Crippen LogP contribution is 1.70. The Bertz CT molecular complexity index is 127. The van der Waals surface area contributed by atoms with Crippen LogP contribution < -0.4 is 0 Å². The highest BCUT2D eigenvalue weighted by Gasteiger charge is 1.86. The van der Waals surface area contributed by atoms with E-state index < -0.39 is 0 Å². The molecule has 8 heavy (non-hydrogen) atoms. The van der Waals surface area contributed by atoms with Crippen molar-refractivity contribution in [3.8, 4) is 12.0 Å². The molecule has 0 atom stereocenters. The lowest BCUT2D eigenvalue weighted by Crippen LogP contribution is -1.98. The largest absolute Gasteiger partial charge is 0.439 e. The summed E-state index contributed by atoms with van der Waals surface area (Å²) in [5, 5.41) is 0.